The van der Waals surface area contributed by atoms with Gasteiger partial charge < -0.3 is 26.6 Å². The predicted molar refractivity (Wildman–Crippen MR) is 143 cm³/mol. The molecule has 1 aliphatic heterocycles. The van der Waals surface area contributed by atoms with Crippen LogP contribution in [0.4, 0.5) is 5.13 Å². The van der Waals surface area contributed by atoms with Gasteiger partial charge in [0.15, 0.2) is 5.13 Å². The van der Waals surface area contributed by atoms with Crippen LogP contribution < -0.4 is 21.7 Å². The van der Waals surface area contributed by atoms with E-state index in [1.165, 1.54) is 22.7 Å². The van der Waals surface area contributed by atoms with Gasteiger partial charge in [0.05, 0.1) is 12.1 Å². The van der Waals surface area contributed by atoms with Crippen LogP contribution in [-0.4, -0.2) is 65.2 Å². The van der Waals surface area contributed by atoms with Gasteiger partial charge in [0, 0.05) is 47.7 Å². The number of nitrogens with zero attached hydrogens (tertiary/aromatic N) is 2. The topological polar surface area (TPSA) is 147 Å². The number of nitrogens with two attached hydrogens (primary N) is 1. The average Bonchev–Trinajstić information content (AvgIpc) is 3.62. The number of aromatic nitrogens is 1. The van der Waals surface area contributed by atoms with Gasteiger partial charge >= 0.3 is 0 Å². The van der Waals surface area contributed by atoms with E-state index in [9.17, 15) is 19.2 Å². The molecule has 38 heavy (non-hydrogen) atoms. The molecule has 1 aliphatic carbocycles. The standard InChI is InChI=1S/C27H27N6O4S/c28-24(35)20-4-2-1-3-18(20)13-23(34)33-12-11-29-14-22(33)26(37)32-27-31-21(15-38-27)16-5-7-17(8-6-16)25(36)30-19-9-10-19/h1-8,13,15,19,22,29H,9-12,14H2,(H2,28,35)(H,30,36)(H,31,32,37)/t22-/m0/s1. The second-order valence-corrected chi connectivity index (χ2v) is 10.1. The lowest BCUT2D eigenvalue weighted by atomic mass is 10.0. The maximum Gasteiger partial charge on any atom is 0.251 e. The van der Waals surface area contributed by atoms with Crippen molar-refractivity contribution < 1.29 is 19.2 Å². The molecule has 0 spiro atoms. The van der Waals surface area contributed by atoms with Gasteiger partial charge in [0.2, 0.25) is 17.7 Å². The van der Waals surface area contributed by atoms with Gasteiger partial charge in [0.1, 0.15) is 6.04 Å². The maximum absolute atomic E-state index is 13.2. The Hall–Kier alpha value is -4.09. The van der Waals surface area contributed by atoms with Crippen LogP contribution in [0.3, 0.4) is 0 Å². The minimum Gasteiger partial charge on any atom is -0.366 e. The Morgan fingerprint density at radius 3 is 2.58 bits per heavy atom. The van der Waals surface area contributed by atoms with Gasteiger partial charge in [-0.15, -0.1) is 11.3 Å². The summed E-state index contributed by atoms with van der Waals surface area (Å²) < 4.78 is 0. The van der Waals surface area contributed by atoms with Crippen LogP contribution in [-0.2, 0) is 9.59 Å². The maximum atomic E-state index is 13.2. The minimum atomic E-state index is -0.759. The van der Waals surface area contributed by atoms with E-state index in [0.29, 0.717) is 41.1 Å². The zero-order valence-corrected chi connectivity index (χ0v) is 21.3. The molecule has 11 heteroatoms. The molecule has 0 unspecified atom stereocenters. The Balaban J connectivity index is 1.23. The number of rotatable bonds is 8. The summed E-state index contributed by atoms with van der Waals surface area (Å²) in [6.45, 7) is 1.15. The first-order valence-corrected chi connectivity index (χ1v) is 13.2. The third-order valence-corrected chi connectivity index (χ3v) is 7.18. The van der Waals surface area contributed by atoms with Crippen LogP contribution in [0.25, 0.3) is 11.3 Å². The summed E-state index contributed by atoms with van der Waals surface area (Å²) in [5.41, 5.74) is 8.16. The molecule has 4 amide bonds. The quantitative estimate of drug-likeness (QED) is 0.349. The molecule has 2 aliphatic rings. The van der Waals surface area contributed by atoms with E-state index < -0.39 is 11.9 Å². The highest BCUT2D eigenvalue weighted by Crippen LogP contribution is 2.26. The lowest BCUT2D eigenvalue weighted by Crippen LogP contribution is -2.58. The van der Waals surface area contributed by atoms with Gasteiger partial charge in [-0.05, 0) is 36.6 Å². The van der Waals surface area contributed by atoms with Crippen molar-refractivity contribution in [3.8, 4) is 11.3 Å². The van der Waals surface area contributed by atoms with Gasteiger partial charge in [-0.25, -0.2) is 4.98 Å². The molecule has 1 radical (unpaired) electrons. The highest BCUT2D eigenvalue weighted by atomic mass is 32.1. The van der Waals surface area contributed by atoms with Crippen LogP contribution >= 0.6 is 11.3 Å². The second kappa shape index (κ2) is 11.1. The normalized spacial score (nSPS) is 17.1. The number of nitrogens with one attached hydrogen (secondary N) is 3. The lowest BCUT2D eigenvalue weighted by Gasteiger charge is -2.35. The average molecular weight is 532 g/mol. The first-order chi connectivity index (χ1) is 18.4. The van der Waals surface area contributed by atoms with E-state index in [1.54, 1.807) is 36.4 Å². The molecular formula is C27H27N6O4S. The fourth-order valence-corrected chi connectivity index (χ4v) is 4.93. The Morgan fingerprint density at radius 1 is 1.08 bits per heavy atom. The van der Waals surface area contributed by atoms with E-state index in [0.717, 1.165) is 18.4 Å². The Morgan fingerprint density at radius 2 is 1.84 bits per heavy atom. The van der Waals surface area contributed by atoms with Crippen LogP contribution in [0, 0.1) is 6.42 Å². The van der Waals surface area contributed by atoms with Crippen molar-refractivity contribution in [2.75, 3.05) is 25.0 Å². The van der Waals surface area contributed by atoms with Gasteiger partial charge in [-0.1, -0.05) is 30.3 Å². The summed E-state index contributed by atoms with van der Waals surface area (Å²) in [6, 6.07) is 13.3. The molecule has 1 saturated heterocycles. The zero-order chi connectivity index (χ0) is 26.6. The summed E-state index contributed by atoms with van der Waals surface area (Å²) in [6.07, 6.45) is 3.39. The van der Waals surface area contributed by atoms with E-state index >= 15 is 0 Å². The Labute approximate surface area is 223 Å². The van der Waals surface area contributed by atoms with Crippen LogP contribution in [0.1, 0.15) is 39.1 Å². The predicted octanol–water partition coefficient (Wildman–Crippen LogP) is 1.79. The largest absolute Gasteiger partial charge is 0.366 e. The second-order valence-electron chi connectivity index (χ2n) is 9.20. The molecule has 10 nitrogen and oxygen atoms in total. The number of carbonyl (C=O) groups excluding carboxylic acids is 4. The number of hydrogen-bond donors (Lipinski definition) is 4. The fraction of sp³-hybridized carbons (Fsp3) is 0.259. The molecule has 1 saturated carbocycles. The van der Waals surface area contributed by atoms with Crippen molar-refractivity contribution in [1.29, 1.82) is 0 Å². The van der Waals surface area contributed by atoms with Crippen molar-refractivity contribution >= 4 is 40.1 Å². The number of amides is 4. The van der Waals surface area contributed by atoms with Crippen molar-refractivity contribution in [3.05, 3.63) is 77.0 Å². The van der Waals surface area contributed by atoms with Gasteiger partial charge in [-0.3, -0.25) is 19.2 Å². The number of anilines is 1. The number of thiazole rings is 1. The number of piperazine rings is 1. The van der Waals surface area contributed by atoms with E-state index in [-0.39, 0.29) is 29.8 Å². The number of primary amides is 1. The Kier molecular flexibility index (Phi) is 7.47. The van der Waals surface area contributed by atoms with Crippen molar-refractivity contribution in [2.45, 2.75) is 24.9 Å². The summed E-state index contributed by atoms with van der Waals surface area (Å²) in [5.74, 6) is -1.46. The van der Waals surface area contributed by atoms with Crippen molar-refractivity contribution in [3.63, 3.8) is 0 Å². The van der Waals surface area contributed by atoms with E-state index in [2.05, 4.69) is 20.9 Å². The van der Waals surface area contributed by atoms with Crippen molar-refractivity contribution in [1.82, 2.24) is 20.5 Å². The zero-order valence-electron chi connectivity index (χ0n) is 20.5. The minimum absolute atomic E-state index is 0.0826. The highest BCUT2D eigenvalue weighted by Gasteiger charge is 2.33. The van der Waals surface area contributed by atoms with E-state index in [1.807, 2.05) is 17.5 Å². The molecule has 5 N–H and O–H groups in total. The van der Waals surface area contributed by atoms with E-state index in [4.69, 9.17) is 5.73 Å². The van der Waals surface area contributed by atoms with Gasteiger partial charge in [-0.2, -0.15) is 0 Å². The fourth-order valence-electron chi connectivity index (χ4n) is 4.21. The smallest absolute Gasteiger partial charge is 0.251 e. The molecule has 1 atom stereocenters. The first-order valence-electron chi connectivity index (χ1n) is 12.3. The summed E-state index contributed by atoms with van der Waals surface area (Å²) >= 11 is 1.28. The lowest BCUT2D eigenvalue weighted by molar-refractivity contribution is -0.136. The summed E-state index contributed by atoms with van der Waals surface area (Å²) in [4.78, 5) is 56.2. The third kappa shape index (κ3) is 5.90. The third-order valence-electron chi connectivity index (χ3n) is 6.42. The van der Waals surface area contributed by atoms with Crippen LogP contribution in [0.2, 0.25) is 0 Å². The van der Waals surface area contributed by atoms with Crippen molar-refractivity contribution in [2.24, 2.45) is 5.73 Å². The summed E-state index contributed by atoms with van der Waals surface area (Å²) in [7, 11) is 0. The highest BCUT2D eigenvalue weighted by molar-refractivity contribution is 7.14. The molecule has 2 fully saturated rings. The van der Waals surface area contributed by atoms with Crippen LogP contribution in [0.5, 0.6) is 0 Å². The number of benzene rings is 2. The SMILES string of the molecule is NC(=O)c1ccccc1[CH]C(=O)N1CCNC[C@H]1C(=O)Nc1nc(-c2ccc(C(=O)NC3CC3)cc2)cs1. The monoisotopic (exact) mass is 531 g/mol. The van der Waals surface area contributed by atoms with Crippen LogP contribution in [0.15, 0.2) is 53.9 Å². The molecule has 0 bridgehead atoms. The molecule has 2 aromatic carbocycles. The first kappa shape index (κ1) is 25.6. The Bertz CT molecular complexity index is 1370. The van der Waals surface area contributed by atoms with Gasteiger partial charge in [0.25, 0.3) is 5.91 Å². The number of carbonyl (C=O) groups is 4. The molecule has 5 rings (SSSR count). The molecule has 3 aromatic rings. The molecule has 1 aromatic heterocycles. The molecule has 2 heterocycles. The molecule has 195 valence electrons. The number of hydrogen-bond acceptors (Lipinski definition) is 7. The molecular weight excluding hydrogens is 504 g/mol. The summed E-state index contributed by atoms with van der Waals surface area (Å²) in [5, 5.41) is 11.2.